The van der Waals surface area contributed by atoms with E-state index >= 15 is 0 Å². The van der Waals surface area contributed by atoms with E-state index in [-0.39, 0.29) is 22.8 Å². The number of rotatable bonds is 6. The molecule has 3 aromatic rings. The zero-order valence-electron chi connectivity index (χ0n) is 14.4. The van der Waals surface area contributed by atoms with Crippen LogP contribution in [0.4, 0.5) is 11.4 Å². The summed E-state index contributed by atoms with van der Waals surface area (Å²) in [4.78, 5) is 25.3. The largest absolute Gasteiger partial charge is 0.459 e. The van der Waals surface area contributed by atoms with Crippen molar-refractivity contribution in [1.29, 1.82) is 0 Å². The van der Waals surface area contributed by atoms with E-state index in [0.29, 0.717) is 5.69 Å². The summed E-state index contributed by atoms with van der Waals surface area (Å²) < 4.78 is 5.90. The Bertz CT molecular complexity index is 927. The van der Waals surface area contributed by atoms with Gasteiger partial charge in [0.05, 0.1) is 17.2 Å². The number of thioether (sulfide) groups is 1. The quantitative estimate of drug-likeness (QED) is 0.498. The first-order chi connectivity index (χ1) is 13.0. The van der Waals surface area contributed by atoms with Gasteiger partial charge in [-0.05, 0) is 71.4 Å². The van der Waals surface area contributed by atoms with E-state index in [2.05, 4.69) is 26.6 Å². The summed E-state index contributed by atoms with van der Waals surface area (Å²) in [6.45, 7) is 1.85. The van der Waals surface area contributed by atoms with Gasteiger partial charge >= 0.3 is 0 Å². The van der Waals surface area contributed by atoms with Crippen molar-refractivity contribution in [3.05, 3.63) is 77.2 Å². The van der Waals surface area contributed by atoms with Crippen molar-refractivity contribution in [3.8, 4) is 0 Å². The number of amides is 2. The highest BCUT2D eigenvalue weighted by atomic mass is 79.9. The van der Waals surface area contributed by atoms with Gasteiger partial charge < -0.3 is 15.1 Å². The van der Waals surface area contributed by atoms with E-state index in [4.69, 9.17) is 4.42 Å². The minimum Gasteiger partial charge on any atom is -0.459 e. The maximum atomic E-state index is 12.4. The van der Waals surface area contributed by atoms with Gasteiger partial charge in [-0.3, -0.25) is 9.59 Å². The molecule has 138 valence electrons. The third-order valence-electron chi connectivity index (χ3n) is 3.67. The predicted octanol–water partition coefficient (Wildman–Crippen LogP) is 5.41. The van der Waals surface area contributed by atoms with Crippen molar-refractivity contribution in [2.75, 3.05) is 10.6 Å². The molecule has 0 aliphatic carbocycles. The Morgan fingerprint density at radius 2 is 1.74 bits per heavy atom. The molecule has 2 N–H and O–H groups in total. The molecule has 0 bridgehead atoms. The minimum atomic E-state index is -0.304. The number of carbonyl (C=O) groups is 2. The summed E-state index contributed by atoms with van der Waals surface area (Å²) in [7, 11) is 0. The average Bonchev–Trinajstić information content (AvgIpc) is 3.20. The van der Waals surface area contributed by atoms with Crippen LogP contribution in [0, 0.1) is 0 Å². The summed E-state index contributed by atoms with van der Waals surface area (Å²) in [5, 5.41) is 5.39. The zero-order valence-corrected chi connectivity index (χ0v) is 16.8. The van der Waals surface area contributed by atoms with Gasteiger partial charge in [-0.1, -0.05) is 12.1 Å². The lowest BCUT2D eigenvalue weighted by Crippen LogP contribution is -2.22. The van der Waals surface area contributed by atoms with Crippen molar-refractivity contribution < 1.29 is 14.0 Å². The van der Waals surface area contributed by atoms with Crippen molar-refractivity contribution >= 4 is 50.9 Å². The third-order valence-corrected chi connectivity index (χ3v) is 5.47. The number of furan rings is 1. The number of carbonyl (C=O) groups excluding carboxylic acids is 2. The molecule has 0 radical (unpaired) electrons. The fourth-order valence-electron chi connectivity index (χ4n) is 2.27. The fraction of sp³-hybridized carbons (Fsp3) is 0.100. The van der Waals surface area contributed by atoms with Gasteiger partial charge in [-0.15, -0.1) is 11.8 Å². The van der Waals surface area contributed by atoms with Crippen LogP contribution in [0.1, 0.15) is 17.5 Å². The Hall–Kier alpha value is -2.51. The highest BCUT2D eigenvalue weighted by Crippen LogP contribution is 2.27. The number of halogens is 1. The number of para-hydroxylation sites is 1. The molecule has 3 rings (SSSR count). The van der Waals surface area contributed by atoms with E-state index in [1.165, 1.54) is 18.0 Å². The number of anilines is 2. The van der Waals surface area contributed by atoms with Crippen molar-refractivity contribution in [2.24, 2.45) is 0 Å². The van der Waals surface area contributed by atoms with Crippen molar-refractivity contribution in [3.63, 3.8) is 0 Å². The number of hydrogen-bond acceptors (Lipinski definition) is 4. The first kappa shape index (κ1) is 19.3. The summed E-state index contributed by atoms with van der Waals surface area (Å²) in [6.07, 6.45) is 1.45. The van der Waals surface area contributed by atoms with Crippen LogP contribution in [0.2, 0.25) is 0 Å². The Labute approximate surface area is 169 Å². The molecule has 0 fully saturated rings. The van der Waals surface area contributed by atoms with Gasteiger partial charge in [0.15, 0.2) is 5.76 Å². The van der Waals surface area contributed by atoms with Crippen LogP contribution in [0.25, 0.3) is 0 Å². The highest BCUT2D eigenvalue weighted by Gasteiger charge is 2.16. The molecule has 0 saturated heterocycles. The first-order valence-corrected chi connectivity index (χ1v) is 9.87. The Balaban J connectivity index is 1.56. The molecule has 0 aliphatic rings. The molecule has 1 unspecified atom stereocenters. The van der Waals surface area contributed by atoms with Crippen LogP contribution in [0.15, 0.2) is 80.7 Å². The van der Waals surface area contributed by atoms with Crippen LogP contribution >= 0.6 is 27.7 Å². The number of benzene rings is 2. The monoisotopic (exact) mass is 444 g/mol. The van der Waals surface area contributed by atoms with Gasteiger partial charge in [0.25, 0.3) is 5.91 Å². The molecule has 0 aliphatic heterocycles. The first-order valence-electron chi connectivity index (χ1n) is 8.20. The summed E-state index contributed by atoms with van der Waals surface area (Å²) >= 11 is 4.86. The van der Waals surface area contributed by atoms with Crippen LogP contribution in [-0.4, -0.2) is 17.1 Å². The lowest BCUT2D eigenvalue weighted by molar-refractivity contribution is -0.115. The lowest BCUT2D eigenvalue weighted by atomic mass is 10.3. The number of nitrogens with one attached hydrogen (secondary N) is 2. The molecule has 1 heterocycles. The molecule has 0 saturated carbocycles. The van der Waals surface area contributed by atoms with E-state index in [0.717, 1.165) is 15.1 Å². The van der Waals surface area contributed by atoms with Crippen molar-refractivity contribution in [2.45, 2.75) is 17.1 Å². The molecule has 1 atom stereocenters. The summed E-state index contributed by atoms with van der Waals surface area (Å²) in [6, 6.07) is 18.1. The van der Waals surface area contributed by atoms with Crippen LogP contribution in [-0.2, 0) is 4.79 Å². The lowest BCUT2D eigenvalue weighted by Gasteiger charge is -2.13. The normalized spacial score (nSPS) is 11.6. The molecule has 2 aromatic carbocycles. The van der Waals surface area contributed by atoms with Gasteiger partial charge in [0.1, 0.15) is 0 Å². The molecule has 0 spiro atoms. The van der Waals surface area contributed by atoms with E-state index in [1.54, 1.807) is 24.3 Å². The van der Waals surface area contributed by atoms with E-state index in [1.807, 2.05) is 43.3 Å². The second kappa shape index (κ2) is 8.92. The van der Waals surface area contributed by atoms with Gasteiger partial charge in [-0.2, -0.15) is 0 Å². The molecule has 7 heteroatoms. The molecular formula is C20H17BrN2O3S. The SMILES string of the molecule is CC(Sc1ccc(NC(=O)c2ccco2)cc1)C(=O)Nc1ccccc1Br. The molecule has 2 amide bonds. The standard InChI is InChI=1S/C20H17BrN2O3S/c1-13(19(24)23-17-6-3-2-5-16(17)21)27-15-10-8-14(9-11-15)22-20(25)18-7-4-12-26-18/h2-13H,1H3,(H,22,25)(H,23,24). The predicted molar refractivity (Wildman–Crippen MR) is 111 cm³/mol. The van der Waals surface area contributed by atoms with Crippen LogP contribution in [0.5, 0.6) is 0 Å². The maximum Gasteiger partial charge on any atom is 0.291 e. The Morgan fingerprint density at radius 1 is 1.00 bits per heavy atom. The number of hydrogen-bond donors (Lipinski definition) is 2. The Kier molecular flexibility index (Phi) is 6.36. The molecule has 5 nitrogen and oxygen atoms in total. The smallest absolute Gasteiger partial charge is 0.291 e. The van der Waals surface area contributed by atoms with Crippen LogP contribution < -0.4 is 10.6 Å². The third kappa shape index (κ3) is 5.24. The second-order valence-electron chi connectivity index (χ2n) is 5.68. The molecular weight excluding hydrogens is 428 g/mol. The van der Waals surface area contributed by atoms with Gasteiger partial charge in [0, 0.05) is 15.1 Å². The maximum absolute atomic E-state index is 12.4. The fourth-order valence-corrected chi connectivity index (χ4v) is 3.52. The van der Waals surface area contributed by atoms with E-state index in [9.17, 15) is 9.59 Å². The highest BCUT2D eigenvalue weighted by molar-refractivity contribution is 9.10. The minimum absolute atomic E-state index is 0.0814. The topological polar surface area (TPSA) is 71.3 Å². The van der Waals surface area contributed by atoms with Crippen molar-refractivity contribution in [1.82, 2.24) is 0 Å². The second-order valence-corrected chi connectivity index (χ2v) is 7.95. The van der Waals surface area contributed by atoms with E-state index < -0.39 is 0 Å². The summed E-state index contributed by atoms with van der Waals surface area (Å²) in [5.74, 6) is -0.130. The average molecular weight is 445 g/mol. The van der Waals surface area contributed by atoms with Gasteiger partial charge in [-0.25, -0.2) is 0 Å². The molecule has 1 aromatic heterocycles. The zero-order chi connectivity index (χ0) is 19.2. The Morgan fingerprint density at radius 3 is 2.41 bits per heavy atom. The van der Waals surface area contributed by atoms with Gasteiger partial charge in [0.2, 0.25) is 5.91 Å². The molecule has 27 heavy (non-hydrogen) atoms. The van der Waals surface area contributed by atoms with Crippen LogP contribution in [0.3, 0.4) is 0 Å². The summed E-state index contributed by atoms with van der Waals surface area (Å²) in [5.41, 5.74) is 1.40.